The molecule has 0 N–H and O–H groups in total. The van der Waals surface area contributed by atoms with Crippen LogP contribution in [0, 0.1) is 19.8 Å². The number of ether oxygens (including phenoxy) is 2. The Kier molecular flexibility index (Phi) is 9.06. The van der Waals surface area contributed by atoms with Crippen molar-refractivity contribution in [2.45, 2.75) is 38.0 Å². The molecule has 2 aliphatic heterocycles. The van der Waals surface area contributed by atoms with Crippen molar-refractivity contribution >= 4 is 42.6 Å². The van der Waals surface area contributed by atoms with Gasteiger partial charge in [-0.25, -0.2) is 13.4 Å². The molecule has 216 valence electrons. The number of fused-ring (bicyclic) bond motifs is 1. The fraction of sp³-hybridized carbons (Fsp3) is 0.517. The Morgan fingerprint density at radius 3 is 2.45 bits per heavy atom. The highest BCUT2D eigenvalue weighted by molar-refractivity contribution is 7.89. The third kappa shape index (κ3) is 6.18. The summed E-state index contributed by atoms with van der Waals surface area (Å²) in [5.74, 6) is 0.398. The highest BCUT2D eigenvalue weighted by Gasteiger charge is 2.35. The summed E-state index contributed by atoms with van der Waals surface area (Å²) >= 11 is 1.56. The number of morpholine rings is 1. The van der Waals surface area contributed by atoms with Crippen LogP contribution in [0.3, 0.4) is 0 Å². The molecule has 0 bridgehead atoms. The number of hydrogen-bond acceptors (Lipinski definition) is 8. The summed E-state index contributed by atoms with van der Waals surface area (Å²) < 4.78 is 39.7. The number of methoxy groups -OCH3 is 1. The third-order valence-electron chi connectivity index (χ3n) is 8.03. The quantitative estimate of drug-likeness (QED) is 0.373. The maximum absolute atomic E-state index is 14.0. The second-order valence-corrected chi connectivity index (χ2v) is 13.4. The van der Waals surface area contributed by atoms with Gasteiger partial charge in [-0.15, -0.1) is 0 Å². The lowest BCUT2D eigenvalue weighted by atomic mass is 9.96. The number of aromatic nitrogens is 1. The van der Waals surface area contributed by atoms with Crippen molar-refractivity contribution in [3.05, 3.63) is 47.5 Å². The zero-order chi connectivity index (χ0) is 28.3. The van der Waals surface area contributed by atoms with E-state index in [4.69, 9.17) is 14.5 Å². The molecular formula is C29H38N4O5S2. The van der Waals surface area contributed by atoms with Gasteiger partial charge in [-0.1, -0.05) is 17.4 Å². The number of carbonyl (C=O) groups is 1. The van der Waals surface area contributed by atoms with E-state index >= 15 is 0 Å². The Bertz CT molecular complexity index is 1430. The molecule has 11 heteroatoms. The van der Waals surface area contributed by atoms with Crippen LogP contribution in [-0.4, -0.2) is 88.1 Å². The molecule has 0 radical (unpaired) electrons. The number of carbonyl (C=O) groups excluding carboxylic acids is 1. The van der Waals surface area contributed by atoms with Crippen molar-refractivity contribution in [3.63, 3.8) is 0 Å². The van der Waals surface area contributed by atoms with Gasteiger partial charge in [0.25, 0.3) is 0 Å². The molecule has 2 saturated heterocycles. The first-order valence-electron chi connectivity index (χ1n) is 13.9. The fourth-order valence-corrected chi connectivity index (χ4v) is 7.89. The van der Waals surface area contributed by atoms with E-state index in [0.717, 1.165) is 60.2 Å². The lowest BCUT2D eigenvalue weighted by Gasteiger charge is -2.33. The zero-order valence-corrected chi connectivity index (χ0v) is 25.1. The fourth-order valence-electron chi connectivity index (χ4n) is 5.37. The first kappa shape index (κ1) is 28.9. The highest BCUT2D eigenvalue weighted by atomic mass is 32.2. The van der Waals surface area contributed by atoms with E-state index in [2.05, 4.69) is 30.9 Å². The predicted molar refractivity (Wildman–Crippen MR) is 158 cm³/mol. The number of anilines is 1. The van der Waals surface area contributed by atoms with E-state index in [1.54, 1.807) is 42.7 Å². The molecule has 2 aliphatic rings. The van der Waals surface area contributed by atoms with E-state index in [-0.39, 0.29) is 16.7 Å². The predicted octanol–water partition coefficient (Wildman–Crippen LogP) is 4.08. The molecule has 0 atom stereocenters. The summed E-state index contributed by atoms with van der Waals surface area (Å²) in [5.41, 5.74) is 3.27. The minimum atomic E-state index is -3.63. The topological polar surface area (TPSA) is 92.3 Å². The maximum atomic E-state index is 14.0. The van der Waals surface area contributed by atoms with Gasteiger partial charge in [-0.3, -0.25) is 14.6 Å². The molecule has 9 nitrogen and oxygen atoms in total. The summed E-state index contributed by atoms with van der Waals surface area (Å²) in [6.45, 7) is 9.57. The number of aryl methyl sites for hydroxylation is 2. The highest BCUT2D eigenvalue weighted by Crippen LogP contribution is 2.34. The molecule has 2 aromatic carbocycles. The van der Waals surface area contributed by atoms with Crippen LogP contribution in [-0.2, 0) is 19.6 Å². The molecule has 0 unspecified atom stereocenters. The van der Waals surface area contributed by atoms with Crippen molar-refractivity contribution in [2.75, 3.05) is 64.5 Å². The van der Waals surface area contributed by atoms with E-state index < -0.39 is 10.0 Å². The van der Waals surface area contributed by atoms with Gasteiger partial charge in [0.05, 0.1) is 35.4 Å². The largest absolute Gasteiger partial charge is 0.497 e. The van der Waals surface area contributed by atoms with Gasteiger partial charge in [0.15, 0.2) is 5.13 Å². The number of sulfonamides is 1. The molecule has 2 fully saturated rings. The summed E-state index contributed by atoms with van der Waals surface area (Å²) in [6.07, 6.45) is 1.80. The molecule has 1 aromatic heterocycles. The average molecular weight is 587 g/mol. The SMILES string of the molecule is COc1ccc(S(=O)(=O)N2CCC(C(=O)N(CCCN3CCOCC3)c3nc4c(C)c(C)ccc4s3)CC2)cc1. The van der Waals surface area contributed by atoms with Gasteiger partial charge < -0.3 is 9.47 Å². The van der Waals surface area contributed by atoms with Gasteiger partial charge >= 0.3 is 0 Å². The summed E-state index contributed by atoms with van der Waals surface area (Å²) in [4.78, 5) is 23.4. The second kappa shape index (κ2) is 12.5. The van der Waals surface area contributed by atoms with Crippen LogP contribution >= 0.6 is 11.3 Å². The van der Waals surface area contributed by atoms with Crippen LogP contribution in [0.25, 0.3) is 10.2 Å². The Balaban J connectivity index is 1.30. The lowest BCUT2D eigenvalue weighted by molar-refractivity contribution is -0.123. The first-order chi connectivity index (χ1) is 19.3. The molecule has 3 aromatic rings. The van der Waals surface area contributed by atoms with Crippen molar-refractivity contribution in [1.82, 2.24) is 14.2 Å². The Hall–Kier alpha value is -2.57. The Morgan fingerprint density at radius 1 is 1.07 bits per heavy atom. The maximum Gasteiger partial charge on any atom is 0.243 e. The number of nitrogens with zero attached hydrogens (tertiary/aromatic N) is 4. The number of rotatable bonds is 9. The molecule has 3 heterocycles. The zero-order valence-electron chi connectivity index (χ0n) is 23.5. The normalized spacial score (nSPS) is 17.8. The minimum absolute atomic E-state index is 0.0388. The van der Waals surface area contributed by atoms with Crippen LogP contribution < -0.4 is 9.64 Å². The van der Waals surface area contributed by atoms with Crippen LogP contribution in [0.1, 0.15) is 30.4 Å². The van der Waals surface area contributed by atoms with E-state index in [1.165, 1.54) is 9.87 Å². The summed E-state index contributed by atoms with van der Waals surface area (Å²) in [7, 11) is -2.09. The Labute approximate surface area is 240 Å². The first-order valence-corrected chi connectivity index (χ1v) is 16.2. The monoisotopic (exact) mass is 586 g/mol. The molecule has 0 saturated carbocycles. The number of amides is 1. The molecule has 0 spiro atoms. The number of thiazole rings is 1. The summed E-state index contributed by atoms with van der Waals surface area (Å²) in [5, 5.41) is 0.726. The average Bonchev–Trinajstić information content (AvgIpc) is 3.42. The van der Waals surface area contributed by atoms with E-state index in [0.29, 0.717) is 38.2 Å². The van der Waals surface area contributed by atoms with Gasteiger partial charge in [0.2, 0.25) is 15.9 Å². The van der Waals surface area contributed by atoms with Gasteiger partial charge in [0, 0.05) is 45.2 Å². The van der Waals surface area contributed by atoms with Crippen LogP contribution in [0.2, 0.25) is 0 Å². The standard InChI is InChI=1S/C29H38N4O5S2/c1-21-5-10-26-27(22(21)2)30-29(39-26)33(14-4-13-31-17-19-38-20-18-31)28(34)23-11-15-32(16-12-23)40(35,36)25-8-6-24(37-3)7-9-25/h5-10,23H,4,11-20H2,1-3H3. The molecule has 0 aliphatic carbocycles. The van der Waals surface area contributed by atoms with Gasteiger partial charge in [-0.2, -0.15) is 4.31 Å². The number of benzene rings is 2. The van der Waals surface area contributed by atoms with Crippen molar-refractivity contribution < 1.29 is 22.7 Å². The smallest absolute Gasteiger partial charge is 0.243 e. The van der Waals surface area contributed by atoms with E-state index in [9.17, 15) is 13.2 Å². The molecule has 1 amide bonds. The van der Waals surface area contributed by atoms with Crippen LogP contribution in [0.4, 0.5) is 5.13 Å². The second-order valence-electron chi connectivity index (χ2n) is 10.5. The molecule has 5 rings (SSSR count). The molecular weight excluding hydrogens is 548 g/mol. The van der Waals surface area contributed by atoms with E-state index in [1.807, 2.05) is 4.90 Å². The number of hydrogen-bond donors (Lipinski definition) is 0. The van der Waals surface area contributed by atoms with Gasteiger partial charge in [0.1, 0.15) is 5.75 Å². The van der Waals surface area contributed by atoms with Gasteiger partial charge in [-0.05, 0) is 74.6 Å². The molecule has 40 heavy (non-hydrogen) atoms. The van der Waals surface area contributed by atoms with Crippen molar-refractivity contribution in [2.24, 2.45) is 5.92 Å². The summed E-state index contributed by atoms with van der Waals surface area (Å²) in [6, 6.07) is 10.6. The van der Waals surface area contributed by atoms with Crippen molar-refractivity contribution in [1.29, 1.82) is 0 Å². The van der Waals surface area contributed by atoms with Crippen LogP contribution in [0.5, 0.6) is 5.75 Å². The third-order valence-corrected chi connectivity index (χ3v) is 11.0. The minimum Gasteiger partial charge on any atom is -0.497 e. The number of piperidine rings is 1. The van der Waals surface area contributed by atoms with Crippen molar-refractivity contribution in [3.8, 4) is 5.75 Å². The lowest BCUT2D eigenvalue weighted by Crippen LogP contribution is -2.45. The van der Waals surface area contributed by atoms with Crippen LogP contribution in [0.15, 0.2) is 41.3 Å². The Morgan fingerprint density at radius 2 is 1.77 bits per heavy atom.